The minimum absolute atomic E-state index is 0.217. The topological polar surface area (TPSA) is 93.6 Å². The Hall–Kier alpha value is -2.87. The molecule has 3 rings (SSSR count). The summed E-state index contributed by atoms with van der Waals surface area (Å²) < 4.78 is 12.5. The van der Waals surface area contributed by atoms with E-state index in [-0.39, 0.29) is 6.42 Å². The van der Waals surface area contributed by atoms with Gasteiger partial charge in [0.25, 0.3) is 0 Å². The number of methoxy groups -OCH3 is 1. The van der Waals surface area contributed by atoms with E-state index in [2.05, 4.69) is 43.3 Å². The van der Waals surface area contributed by atoms with Crippen molar-refractivity contribution < 1.29 is 19.4 Å². The van der Waals surface area contributed by atoms with Crippen molar-refractivity contribution in [3.63, 3.8) is 0 Å². The van der Waals surface area contributed by atoms with Gasteiger partial charge in [-0.2, -0.15) is 0 Å². The number of halogens is 1. The molecule has 1 aromatic heterocycles. The zero-order valence-corrected chi connectivity index (χ0v) is 19.0. The summed E-state index contributed by atoms with van der Waals surface area (Å²) in [6.07, 6.45) is 5.09. The number of benzene rings is 2. The molecule has 0 spiro atoms. The number of rotatable bonds is 12. The summed E-state index contributed by atoms with van der Waals surface area (Å²) >= 11 is 3.49. The van der Waals surface area contributed by atoms with Crippen LogP contribution in [0.25, 0.3) is 10.9 Å². The molecular weight excluding hydrogens is 462 g/mol. The predicted molar refractivity (Wildman–Crippen MR) is 124 cm³/mol. The molecule has 0 atom stereocenters. The quantitative estimate of drug-likeness (QED) is 0.329. The molecule has 0 amide bonds. The van der Waals surface area contributed by atoms with Gasteiger partial charge in [0.05, 0.1) is 19.2 Å². The molecule has 0 aliphatic carbocycles. The number of aliphatic carboxylic acids is 1. The molecule has 0 unspecified atom stereocenters. The van der Waals surface area contributed by atoms with Gasteiger partial charge in [0.1, 0.15) is 12.1 Å². The van der Waals surface area contributed by atoms with E-state index in [1.54, 1.807) is 7.11 Å². The molecule has 7 nitrogen and oxygen atoms in total. The molecule has 3 aromatic rings. The predicted octanol–water partition coefficient (Wildman–Crippen LogP) is 5.43. The van der Waals surface area contributed by atoms with Crippen molar-refractivity contribution in [1.82, 2.24) is 9.97 Å². The monoisotopic (exact) mass is 487 g/mol. The van der Waals surface area contributed by atoms with Crippen LogP contribution < -0.4 is 14.8 Å². The van der Waals surface area contributed by atoms with Crippen LogP contribution in [-0.2, 0) is 11.3 Å². The Kier molecular flexibility index (Phi) is 8.46. The van der Waals surface area contributed by atoms with Crippen LogP contribution in [0.5, 0.6) is 11.5 Å². The molecule has 2 aromatic carbocycles. The van der Waals surface area contributed by atoms with Crippen molar-refractivity contribution in [1.29, 1.82) is 0 Å². The Morgan fingerprint density at radius 1 is 1.10 bits per heavy atom. The third-order valence-electron chi connectivity index (χ3n) is 4.81. The van der Waals surface area contributed by atoms with Gasteiger partial charge in [-0.1, -0.05) is 40.9 Å². The maximum absolute atomic E-state index is 10.6. The third-order valence-corrected chi connectivity index (χ3v) is 5.31. The molecule has 0 saturated heterocycles. The highest BCUT2D eigenvalue weighted by Crippen LogP contribution is 2.34. The summed E-state index contributed by atoms with van der Waals surface area (Å²) in [6, 6.07) is 11.9. The first kappa shape index (κ1) is 22.8. The third kappa shape index (κ3) is 6.82. The number of nitrogens with zero attached hydrogens (tertiary/aromatic N) is 2. The van der Waals surface area contributed by atoms with Crippen LogP contribution >= 0.6 is 15.9 Å². The zero-order chi connectivity index (χ0) is 22.1. The molecule has 2 N–H and O–H groups in total. The Morgan fingerprint density at radius 2 is 1.94 bits per heavy atom. The number of anilines is 1. The van der Waals surface area contributed by atoms with Gasteiger partial charge in [-0.25, -0.2) is 9.97 Å². The molecule has 0 fully saturated rings. The van der Waals surface area contributed by atoms with E-state index in [1.807, 2.05) is 24.3 Å². The molecule has 8 heteroatoms. The van der Waals surface area contributed by atoms with Crippen LogP contribution in [0.4, 0.5) is 5.82 Å². The lowest BCUT2D eigenvalue weighted by Gasteiger charge is -2.14. The maximum atomic E-state index is 10.6. The van der Waals surface area contributed by atoms with Gasteiger partial charge in [-0.05, 0) is 36.6 Å². The fourth-order valence-corrected chi connectivity index (χ4v) is 3.67. The number of hydrogen-bond donors (Lipinski definition) is 2. The van der Waals surface area contributed by atoms with E-state index in [1.165, 1.54) is 6.33 Å². The van der Waals surface area contributed by atoms with Gasteiger partial charge in [-0.3, -0.25) is 4.79 Å². The number of hydrogen-bond acceptors (Lipinski definition) is 6. The van der Waals surface area contributed by atoms with E-state index in [0.29, 0.717) is 31.1 Å². The second-order valence-electron chi connectivity index (χ2n) is 7.13. The van der Waals surface area contributed by atoms with Gasteiger partial charge in [0, 0.05) is 28.9 Å². The fraction of sp³-hybridized carbons (Fsp3) is 0.348. The van der Waals surface area contributed by atoms with Gasteiger partial charge in [0.15, 0.2) is 11.5 Å². The molecule has 0 aliphatic heterocycles. The Bertz CT molecular complexity index is 1030. The first-order valence-electron chi connectivity index (χ1n) is 10.2. The summed E-state index contributed by atoms with van der Waals surface area (Å²) in [5.41, 5.74) is 1.90. The largest absolute Gasteiger partial charge is 0.493 e. The van der Waals surface area contributed by atoms with E-state index < -0.39 is 5.97 Å². The van der Waals surface area contributed by atoms with Gasteiger partial charge in [-0.15, -0.1) is 0 Å². The molecular formula is C23H26BrN3O4. The number of carboxylic acid groups (broad SMARTS) is 1. The van der Waals surface area contributed by atoms with E-state index in [0.717, 1.165) is 46.0 Å². The van der Waals surface area contributed by atoms with Gasteiger partial charge in [0.2, 0.25) is 0 Å². The fourth-order valence-electron chi connectivity index (χ4n) is 3.22. The van der Waals surface area contributed by atoms with Crippen molar-refractivity contribution >= 4 is 38.6 Å². The number of ether oxygens (including phenoxy) is 2. The normalized spacial score (nSPS) is 10.8. The molecule has 0 bridgehead atoms. The van der Waals surface area contributed by atoms with Crippen LogP contribution in [0.15, 0.2) is 47.2 Å². The van der Waals surface area contributed by atoms with E-state index in [4.69, 9.17) is 14.6 Å². The summed E-state index contributed by atoms with van der Waals surface area (Å²) in [5, 5.41) is 12.9. The lowest BCUT2D eigenvalue weighted by atomic mass is 10.1. The average molecular weight is 488 g/mol. The second-order valence-corrected chi connectivity index (χ2v) is 8.05. The lowest BCUT2D eigenvalue weighted by molar-refractivity contribution is -0.137. The summed E-state index contributed by atoms with van der Waals surface area (Å²) in [5.74, 6) is 1.24. The first-order chi connectivity index (χ1) is 15.1. The molecule has 0 aliphatic rings. The number of carboxylic acids is 1. The Morgan fingerprint density at radius 3 is 2.71 bits per heavy atom. The first-order valence-corrected chi connectivity index (χ1v) is 11.0. The lowest BCUT2D eigenvalue weighted by Crippen LogP contribution is -2.04. The smallest absolute Gasteiger partial charge is 0.303 e. The molecule has 164 valence electrons. The second kappa shape index (κ2) is 11.5. The molecule has 1 heterocycles. The number of nitrogens with one attached hydrogen (secondary N) is 1. The number of fused-ring (bicyclic) bond motifs is 1. The van der Waals surface area contributed by atoms with Crippen molar-refractivity contribution in [3.8, 4) is 11.5 Å². The summed E-state index contributed by atoms with van der Waals surface area (Å²) in [6.45, 7) is 1.16. The molecule has 31 heavy (non-hydrogen) atoms. The standard InChI is InChI=1S/C23H26BrN3O4/c1-30-20-13-19-18(12-21(20)31-10-5-3-2-4-9-22(28)29)23(27-15-26-19)25-14-16-7-6-8-17(24)11-16/h6-8,11-13,15H,2-5,9-10,14H2,1H3,(H,28,29)(H,25,26,27). The highest BCUT2D eigenvalue weighted by molar-refractivity contribution is 9.10. The minimum Gasteiger partial charge on any atom is -0.493 e. The number of aromatic nitrogens is 2. The minimum atomic E-state index is -0.747. The van der Waals surface area contributed by atoms with Crippen LogP contribution in [0.3, 0.4) is 0 Å². The van der Waals surface area contributed by atoms with Crippen molar-refractivity contribution in [2.75, 3.05) is 19.0 Å². The van der Waals surface area contributed by atoms with Crippen molar-refractivity contribution in [2.45, 2.75) is 38.6 Å². The Labute approximate surface area is 189 Å². The van der Waals surface area contributed by atoms with Gasteiger partial charge >= 0.3 is 5.97 Å². The van der Waals surface area contributed by atoms with Crippen molar-refractivity contribution in [2.24, 2.45) is 0 Å². The summed E-state index contributed by atoms with van der Waals surface area (Å²) in [7, 11) is 1.60. The van der Waals surface area contributed by atoms with Crippen LogP contribution in [-0.4, -0.2) is 34.8 Å². The van der Waals surface area contributed by atoms with Gasteiger partial charge < -0.3 is 19.9 Å². The highest BCUT2D eigenvalue weighted by atomic mass is 79.9. The maximum Gasteiger partial charge on any atom is 0.303 e. The van der Waals surface area contributed by atoms with Crippen LogP contribution in [0.1, 0.15) is 37.7 Å². The van der Waals surface area contributed by atoms with Crippen molar-refractivity contribution in [3.05, 3.63) is 52.8 Å². The molecule has 0 radical (unpaired) electrons. The zero-order valence-electron chi connectivity index (χ0n) is 17.4. The number of unbranched alkanes of at least 4 members (excludes halogenated alkanes) is 3. The van der Waals surface area contributed by atoms with Crippen LogP contribution in [0, 0.1) is 0 Å². The number of carbonyl (C=O) groups is 1. The van der Waals surface area contributed by atoms with E-state index in [9.17, 15) is 4.79 Å². The highest BCUT2D eigenvalue weighted by Gasteiger charge is 2.12. The Balaban J connectivity index is 1.67. The van der Waals surface area contributed by atoms with E-state index >= 15 is 0 Å². The summed E-state index contributed by atoms with van der Waals surface area (Å²) in [4.78, 5) is 19.3. The van der Waals surface area contributed by atoms with Crippen LogP contribution in [0.2, 0.25) is 0 Å². The average Bonchev–Trinajstić information content (AvgIpc) is 2.76. The SMILES string of the molecule is COc1cc2ncnc(NCc3cccc(Br)c3)c2cc1OCCCCCCC(=O)O. The molecule has 0 saturated carbocycles.